The highest BCUT2D eigenvalue weighted by molar-refractivity contribution is 5.68. The van der Waals surface area contributed by atoms with Crippen LogP contribution >= 0.6 is 0 Å². The molecule has 162 valence electrons. The number of piperidine rings is 1. The normalized spacial score (nSPS) is 16.3. The minimum atomic E-state index is -0.513. The Kier molecular flexibility index (Phi) is 6.71. The van der Waals surface area contributed by atoms with Gasteiger partial charge < -0.3 is 20.5 Å². The van der Waals surface area contributed by atoms with Crippen molar-refractivity contribution >= 4 is 6.09 Å². The molecule has 0 atom stereocenters. The van der Waals surface area contributed by atoms with E-state index in [9.17, 15) is 9.90 Å². The number of nitrogens with two attached hydrogens (primary N) is 1. The van der Waals surface area contributed by atoms with E-state index in [1.54, 1.807) is 11.0 Å². The Hall–Kier alpha value is -2.53. The number of aryl methyl sites for hydroxylation is 1. The number of phenols is 1. The van der Waals surface area contributed by atoms with Crippen LogP contribution in [0.25, 0.3) is 0 Å². The highest BCUT2D eigenvalue weighted by Crippen LogP contribution is 2.45. The predicted octanol–water partition coefficient (Wildman–Crippen LogP) is 4.60. The van der Waals surface area contributed by atoms with Crippen molar-refractivity contribution in [1.29, 1.82) is 0 Å². The van der Waals surface area contributed by atoms with E-state index in [4.69, 9.17) is 10.5 Å². The molecule has 30 heavy (non-hydrogen) atoms. The summed E-state index contributed by atoms with van der Waals surface area (Å²) < 4.78 is 5.57. The third-order valence-corrected chi connectivity index (χ3v) is 5.84. The van der Waals surface area contributed by atoms with Crippen molar-refractivity contribution in [1.82, 2.24) is 4.90 Å². The Bertz CT molecular complexity index is 850. The lowest BCUT2D eigenvalue weighted by atomic mass is 9.67. The fourth-order valence-corrected chi connectivity index (χ4v) is 4.30. The molecule has 5 nitrogen and oxygen atoms in total. The van der Waals surface area contributed by atoms with E-state index in [1.807, 2.05) is 45.0 Å². The Labute approximate surface area is 179 Å². The Morgan fingerprint density at radius 1 is 1.13 bits per heavy atom. The molecule has 1 amide bonds. The van der Waals surface area contributed by atoms with Gasteiger partial charge in [0.1, 0.15) is 11.4 Å². The van der Waals surface area contributed by atoms with Crippen molar-refractivity contribution in [3.8, 4) is 5.75 Å². The molecule has 3 rings (SSSR count). The van der Waals surface area contributed by atoms with E-state index in [0.717, 1.165) is 31.2 Å². The summed E-state index contributed by atoms with van der Waals surface area (Å²) in [6.07, 6.45) is 2.98. The first-order valence-electron chi connectivity index (χ1n) is 10.8. The van der Waals surface area contributed by atoms with Gasteiger partial charge >= 0.3 is 6.09 Å². The van der Waals surface area contributed by atoms with Crippen molar-refractivity contribution in [3.63, 3.8) is 0 Å². The number of hydrogen-bond donors (Lipinski definition) is 2. The van der Waals surface area contributed by atoms with E-state index >= 15 is 0 Å². The van der Waals surface area contributed by atoms with Gasteiger partial charge in [-0.05, 0) is 70.2 Å². The van der Waals surface area contributed by atoms with E-state index in [0.29, 0.717) is 25.4 Å². The van der Waals surface area contributed by atoms with Crippen LogP contribution in [-0.4, -0.2) is 41.3 Å². The Morgan fingerprint density at radius 3 is 2.40 bits per heavy atom. The summed E-state index contributed by atoms with van der Waals surface area (Å²) in [5.74, 6) is 0.307. The number of likely N-dealkylation sites (tertiary alicyclic amines) is 1. The molecule has 5 heteroatoms. The van der Waals surface area contributed by atoms with Crippen LogP contribution in [0.4, 0.5) is 4.79 Å². The second-order valence-electron chi connectivity index (χ2n) is 9.16. The summed E-state index contributed by atoms with van der Waals surface area (Å²) in [7, 11) is 0. The van der Waals surface area contributed by atoms with Crippen molar-refractivity contribution < 1.29 is 14.6 Å². The molecule has 0 aromatic heterocycles. The minimum absolute atomic E-state index is 0.273. The average molecular weight is 411 g/mol. The van der Waals surface area contributed by atoms with Crippen molar-refractivity contribution in [2.24, 2.45) is 5.73 Å². The summed E-state index contributed by atoms with van der Waals surface area (Å²) in [4.78, 5) is 14.4. The van der Waals surface area contributed by atoms with Crippen LogP contribution in [-0.2, 0) is 16.6 Å². The number of aromatic hydroxyl groups is 1. The molecule has 1 fully saturated rings. The first kappa shape index (κ1) is 22.2. The zero-order valence-corrected chi connectivity index (χ0v) is 18.4. The minimum Gasteiger partial charge on any atom is -0.508 e. The zero-order chi connectivity index (χ0) is 21.8. The van der Waals surface area contributed by atoms with Crippen molar-refractivity contribution in [2.45, 2.75) is 57.5 Å². The van der Waals surface area contributed by atoms with E-state index in [1.165, 1.54) is 11.1 Å². The van der Waals surface area contributed by atoms with Gasteiger partial charge in [0.05, 0.1) is 0 Å². The van der Waals surface area contributed by atoms with Crippen LogP contribution in [0.1, 0.15) is 56.7 Å². The lowest BCUT2D eigenvalue weighted by Gasteiger charge is -2.43. The molecule has 0 bridgehead atoms. The predicted molar refractivity (Wildman–Crippen MR) is 120 cm³/mol. The number of benzene rings is 2. The zero-order valence-electron chi connectivity index (χ0n) is 18.4. The molecule has 1 heterocycles. The molecule has 1 aliphatic heterocycles. The van der Waals surface area contributed by atoms with Gasteiger partial charge in [-0.25, -0.2) is 4.79 Å². The number of nitrogens with zero attached hydrogens (tertiary/aromatic N) is 1. The lowest BCUT2D eigenvalue weighted by molar-refractivity contribution is 0.0179. The second-order valence-corrected chi connectivity index (χ2v) is 9.16. The molecule has 0 aliphatic carbocycles. The fraction of sp³-hybridized carbons (Fsp3) is 0.480. The number of carbonyl (C=O) groups is 1. The second kappa shape index (κ2) is 9.09. The fourth-order valence-electron chi connectivity index (χ4n) is 4.30. The average Bonchev–Trinajstić information content (AvgIpc) is 2.72. The van der Waals surface area contributed by atoms with Crippen LogP contribution in [0.2, 0.25) is 0 Å². The molecule has 2 aromatic rings. The molecular weight excluding hydrogens is 376 g/mol. The topological polar surface area (TPSA) is 75.8 Å². The maximum absolute atomic E-state index is 12.6. The van der Waals surface area contributed by atoms with Crippen LogP contribution in [0, 0.1) is 0 Å². The molecule has 0 spiro atoms. The highest BCUT2D eigenvalue weighted by atomic mass is 16.6. The number of ether oxygens (including phenoxy) is 1. The van der Waals surface area contributed by atoms with E-state index in [2.05, 4.69) is 18.2 Å². The van der Waals surface area contributed by atoms with Gasteiger partial charge in [0, 0.05) is 24.1 Å². The summed E-state index contributed by atoms with van der Waals surface area (Å²) in [6, 6.07) is 16.2. The molecule has 0 radical (unpaired) electrons. The molecule has 1 aliphatic rings. The van der Waals surface area contributed by atoms with Gasteiger partial charge in [-0.2, -0.15) is 0 Å². The number of hydrogen-bond acceptors (Lipinski definition) is 4. The third kappa shape index (κ3) is 4.96. The number of rotatable bonds is 5. The Balaban J connectivity index is 1.93. The standard InChI is InChI=1S/C25H34N2O3/c1-24(2,3)30-23(29)27-16-13-25(14-17-27,20-9-5-4-6-10-20)21-18-19(8-7-15-26)11-12-22(21)28/h4-6,9-12,18,28H,7-8,13-17,26H2,1-3H3. The summed E-state index contributed by atoms with van der Waals surface area (Å²) in [5.41, 5.74) is 8.12. The number of phenolic OH excluding ortho intramolecular Hbond substituents is 1. The van der Waals surface area contributed by atoms with Crippen LogP contribution in [0.3, 0.4) is 0 Å². The SMILES string of the molecule is CC(C)(C)OC(=O)N1CCC(c2ccccc2)(c2cc(CCCN)ccc2O)CC1. The van der Waals surface area contributed by atoms with Crippen LogP contribution in [0.15, 0.2) is 48.5 Å². The van der Waals surface area contributed by atoms with Gasteiger partial charge in [0.15, 0.2) is 0 Å². The maximum Gasteiger partial charge on any atom is 0.410 e. The highest BCUT2D eigenvalue weighted by Gasteiger charge is 2.41. The molecule has 1 saturated heterocycles. The molecule has 0 unspecified atom stereocenters. The van der Waals surface area contributed by atoms with Crippen molar-refractivity contribution in [3.05, 3.63) is 65.2 Å². The van der Waals surface area contributed by atoms with Gasteiger partial charge in [-0.15, -0.1) is 0 Å². The first-order chi connectivity index (χ1) is 14.2. The van der Waals surface area contributed by atoms with E-state index < -0.39 is 5.60 Å². The van der Waals surface area contributed by atoms with Gasteiger partial charge in [-0.3, -0.25) is 0 Å². The number of carbonyl (C=O) groups excluding carboxylic acids is 1. The van der Waals surface area contributed by atoms with Gasteiger partial charge in [-0.1, -0.05) is 42.5 Å². The van der Waals surface area contributed by atoms with Gasteiger partial charge in [0.2, 0.25) is 0 Å². The van der Waals surface area contributed by atoms with Gasteiger partial charge in [0.25, 0.3) is 0 Å². The van der Waals surface area contributed by atoms with Crippen molar-refractivity contribution in [2.75, 3.05) is 19.6 Å². The quantitative estimate of drug-likeness (QED) is 0.755. The van der Waals surface area contributed by atoms with Crippen LogP contribution < -0.4 is 5.73 Å². The van der Waals surface area contributed by atoms with E-state index in [-0.39, 0.29) is 11.5 Å². The van der Waals surface area contributed by atoms with Crippen LogP contribution in [0.5, 0.6) is 5.75 Å². The monoisotopic (exact) mass is 410 g/mol. The molecule has 0 saturated carbocycles. The number of amides is 1. The largest absolute Gasteiger partial charge is 0.508 e. The molecular formula is C25H34N2O3. The third-order valence-electron chi connectivity index (χ3n) is 5.84. The molecule has 3 N–H and O–H groups in total. The summed E-state index contributed by atoms with van der Waals surface area (Å²) >= 11 is 0. The smallest absolute Gasteiger partial charge is 0.410 e. The maximum atomic E-state index is 12.6. The molecule has 2 aromatic carbocycles. The lowest BCUT2D eigenvalue weighted by Crippen LogP contribution is -2.47. The first-order valence-corrected chi connectivity index (χ1v) is 10.8. The Morgan fingerprint density at radius 2 is 1.80 bits per heavy atom. The summed E-state index contributed by atoms with van der Waals surface area (Å²) in [5, 5.41) is 10.8. The summed E-state index contributed by atoms with van der Waals surface area (Å²) in [6.45, 7) is 7.45.